The number of piperazine rings is 1. The number of nitro groups is 1. The quantitative estimate of drug-likeness (QED) is 0.500. The average molecular weight is 351 g/mol. The van der Waals surface area contributed by atoms with Gasteiger partial charge in [0.05, 0.1) is 10.6 Å². The van der Waals surface area contributed by atoms with Crippen molar-refractivity contribution in [1.82, 2.24) is 10.2 Å². The molecule has 0 unspecified atom stereocenters. The van der Waals surface area contributed by atoms with E-state index in [4.69, 9.17) is 11.6 Å². The smallest absolute Gasteiger partial charge is 0.283 e. The maximum absolute atomic E-state index is 12.7. The molecule has 2 aliphatic rings. The molecule has 0 spiro atoms. The fourth-order valence-corrected chi connectivity index (χ4v) is 3.17. The molecule has 1 saturated heterocycles. The Balaban J connectivity index is 1.94. The van der Waals surface area contributed by atoms with E-state index in [-0.39, 0.29) is 28.1 Å². The molecule has 0 radical (unpaired) electrons. The maximum Gasteiger partial charge on any atom is 0.283 e. The van der Waals surface area contributed by atoms with Crippen LogP contribution in [0, 0.1) is 10.1 Å². The van der Waals surface area contributed by atoms with E-state index >= 15 is 0 Å². The summed E-state index contributed by atoms with van der Waals surface area (Å²) in [7, 11) is 0. The van der Waals surface area contributed by atoms with Gasteiger partial charge in [0.25, 0.3) is 17.5 Å². The first kappa shape index (κ1) is 16.4. The Morgan fingerprint density at radius 2 is 2.08 bits per heavy atom. The molecule has 0 saturated carbocycles. The summed E-state index contributed by atoms with van der Waals surface area (Å²) in [4.78, 5) is 38.2. The van der Waals surface area contributed by atoms with Crippen LogP contribution in [0.4, 0.5) is 11.4 Å². The molecule has 0 aromatic heterocycles. The van der Waals surface area contributed by atoms with Crippen LogP contribution in [0.5, 0.6) is 0 Å². The molecule has 1 fully saturated rings. The van der Waals surface area contributed by atoms with Gasteiger partial charge in [0, 0.05) is 37.8 Å². The summed E-state index contributed by atoms with van der Waals surface area (Å²) in [6.07, 6.45) is 0. The normalized spacial score (nSPS) is 21.7. The number of hydrogen-bond donors (Lipinski definition) is 1. The summed E-state index contributed by atoms with van der Waals surface area (Å²) in [5.74, 6) is -1.22. The van der Waals surface area contributed by atoms with Crippen LogP contribution >= 0.6 is 11.6 Å². The summed E-state index contributed by atoms with van der Waals surface area (Å²) in [5.41, 5.74) is 0.0884. The molecule has 3 rings (SSSR count). The average Bonchev–Trinajstić information content (AvgIpc) is 2.77. The second-order valence-electron chi connectivity index (χ2n) is 5.69. The lowest BCUT2D eigenvalue weighted by atomic mass is 10.2. The van der Waals surface area contributed by atoms with Gasteiger partial charge < -0.3 is 10.2 Å². The molecule has 1 aromatic carbocycles. The predicted octanol–water partition coefficient (Wildman–Crippen LogP) is 1.21. The first-order valence-electron chi connectivity index (χ1n) is 7.41. The number of hydrogen-bond acceptors (Lipinski definition) is 6. The van der Waals surface area contributed by atoms with Gasteiger partial charge in [-0.15, -0.1) is 0 Å². The van der Waals surface area contributed by atoms with Gasteiger partial charge >= 0.3 is 0 Å². The van der Waals surface area contributed by atoms with Crippen molar-refractivity contribution in [3.8, 4) is 0 Å². The van der Waals surface area contributed by atoms with E-state index in [1.54, 1.807) is 4.90 Å². The second kappa shape index (κ2) is 6.21. The van der Waals surface area contributed by atoms with Gasteiger partial charge in [-0.3, -0.25) is 19.7 Å². The fraction of sp³-hybridized carbons (Fsp3) is 0.333. The van der Waals surface area contributed by atoms with Crippen molar-refractivity contribution in [3.05, 3.63) is 45.1 Å². The molecule has 2 amide bonds. The number of anilines is 1. The van der Waals surface area contributed by atoms with Gasteiger partial charge in [-0.25, -0.2) is 4.90 Å². The lowest BCUT2D eigenvalue weighted by molar-refractivity contribution is -0.384. The third-order valence-corrected chi connectivity index (χ3v) is 4.33. The number of halogens is 1. The van der Waals surface area contributed by atoms with E-state index < -0.39 is 16.7 Å². The van der Waals surface area contributed by atoms with Crippen molar-refractivity contribution in [3.63, 3.8) is 0 Å². The van der Waals surface area contributed by atoms with Gasteiger partial charge in [-0.2, -0.15) is 0 Å². The number of carbonyl (C=O) groups excluding carboxylic acids is 2. The standard InChI is InChI=1S/C15H15ClN4O4/c1-9-8-18(6-5-17-9)13-12(16)14(21)19(15(13)22)10-3-2-4-11(7-10)20(23)24/h2-4,7,9,17H,5-6,8H2,1H3/t9-/m1/s1. The first-order chi connectivity index (χ1) is 11.4. The van der Waals surface area contributed by atoms with E-state index in [1.165, 1.54) is 24.3 Å². The van der Waals surface area contributed by atoms with E-state index in [9.17, 15) is 19.7 Å². The van der Waals surface area contributed by atoms with Crippen LogP contribution in [0.2, 0.25) is 0 Å². The van der Waals surface area contributed by atoms with Crippen LogP contribution in [-0.4, -0.2) is 47.3 Å². The molecule has 1 N–H and O–H groups in total. The zero-order valence-corrected chi connectivity index (χ0v) is 13.6. The van der Waals surface area contributed by atoms with Crippen LogP contribution in [0.25, 0.3) is 0 Å². The third kappa shape index (κ3) is 2.74. The van der Waals surface area contributed by atoms with Gasteiger partial charge in [-0.05, 0) is 13.0 Å². The van der Waals surface area contributed by atoms with Gasteiger partial charge in [-0.1, -0.05) is 17.7 Å². The lowest BCUT2D eigenvalue weighted by Crippen LogP contribution is -2.50. The Kier molecular flexibility index (Phi) is 4.25. The molecular weight excluding hydrogens is 336 g/mol. The molecule has 126 valence electrons. The van der Waals surface area contributed by atoms with E-state index in [0.717, 1.165) is 4.90 Å². The summed E-state index contributed by atoms with van der Waals surface area (Å²) in [6.45, 7) is 3.75. The van der Waals surface area contributed by atoms with E-state index in [2.05, 4.69) is 5.32 Å². The molecule has 0 aliphatic carbocycles. The molecule has 9 heteroatoms. The summed E-state index contributed by atoms with van der Waals surface area (Å²) >= 11 is 6.12. The maximum atomic E-state index is 12.7. The van der Waals surface area contributed by atoms with Gasteiger partial charge in [0.15, 0.2) is 0 Å². The topological polar surface area (TPSA) is 95.8 Å². The summed E-state index contributed by atoms with van der Waals surface area (Å²) in [6, 6.07) is 5.53. The first-order valence-corrected chi connectivity index (χ1v) is 7.79. The molecule has 0 bridgehead atoms. The number of nitro benzene ring substituents is 1. The number of imide groups is 1. The van der Waals surface area contributed by atoms with Crippen molar-refractivity contribution in [1.29, 1.82) is 0 Å². The Morgan fingerprint density at radius 1 is 1.33 bits per heavy atom. The lowest BCUT2D eigenvalue weighted by Gasteiger charge is -2.33. The minimum absolute atomic E-state index is 0.135. The Morgan fingerprint density at radius 3 is 2.75 bits per heavy atom. The van der Waals surface area contributed by atoms with Crippen molar-refractivity contribution in [2.24, 2.45) is 0 Å². The monoisotopic (exact) mass is 350 g/mol. The van der Waals surface area contributed by atoms with Gasteiger partial charge in [0.1, 0.15) is 10.7 Å². The number of nitrogens with zero attached hydrogens (tertiary/aromatic N) is 3. The van der Waals surface area contributed by atoms with Crippen LogP contribution in [0.3, 0.4) is 0 Å². The molecule has 24 heavy (non-hydrogen) atoms. The second-order valence-corrected chi connectivity index (χ2v) is 6.06. The number of carbonyl (C=O) groups is 2. The van der Waals surface area contributed by atoms with Crippen molar-refractivity contribution in [2.75, 3.05) is 24.5 Å². The van der Waals surface area contributed by atoms with Crippen LogP contribution in [-0.2, 0) is 9.59 Å². The van der Waals surface area contributed by atoms with Crippen LogP contribution in [0.1, 0.15) is 6.92 Å². The predicted molar refractivity (Wildman–Crippen MR) is 87.5 cm³/mol. The van der Waals surface area contributed by atoms with E-state index in [1.807, 2.05) is 6.92 Å². The molecular formula is C15H15ClN4O4. The van der Waals surface area contributed by atoms with Crippen molar-refractivity contribution < 1.29 is 14.5 Å². The Labute approximate surface area is 142 Å². The zero-order chi connectivity index (χ0) is 17.4. The number of rotatable bonds is 3. The Bertz CT molecular complexity index is 764. The number of nitrogens with one attached hydrogen (secondary N) is 1. The number of amides is 2. The molecule has 2 heterocycles. The highest BCUT2D eigenvalue weighted by Gasteiger charge is 2.42. The summed E-state index contributed by atoms with van der Waals surface area (Å²) < 4.78 is 0. The molecule has 2 aliphatic heterocycles. The SMILES string of the molecule is C[C@@H]1CN(C2=C(Cl)C(=O)N(c3cccc([N+](=O)[O-])c3)C2=O)CCN1. The van der Waals surface area contributed by atoms with E-state index in [0.29, 0.717) is 19.6 Å². The fourth-order valence-electron chi connectivity index (χ4n) is 2.88. The van der Waals surface area contributed by atoms with Crippen molar-refractivity contribution >= 4 is 34.8 Å². The zero-order valence-electron chi connectivity index (χ0n) is 12.9. The highest BCUT2D eigenvalue weighted by molar-refractivity contribution is 6.52. The van der Waals surface area contributed by atoms with Crippen molar-refractivity contribution in [2.45, 2.75) is 13.0 Å². The minimum atomic E-state index is -0.664. The van der Waals surface area contributed by atoms with Crippen LogP contribution in [0.15, 0.2) is 35.0 Å². The van der Waals surface area contributed by atoms with Crippen LogP contribution < -0.4 is 10.2 Å². The molecule has 8 nitrogen and oxygen atoms in total. The largest absolute Gasteiger partial charge is 0.363 e. The number of non-ortho nitro benzene ring substituents is 1. The summed E-state index contributed by atoms with van der Waals surface area (Å²) in [5, 5.41) is 14.0. The highest BCUT2D eigenvalue weighted by Crippen LogP contribution is 2.32. The molecule has 1 aromatic rings. The van der Waals surface area contributed by atoms with Gasteiger partial charge in [0.2, 0.25) is 0 Å². The minimum Gasteiger partial charge on any atom is -0.363 e. The highest BCUT2D eigenvalue weighted by atomic mass is 35.5. The molecule has 1 atom stereocenters. The Hall–Kier alpha value is -2.45. The number of benzene rings is 1. The third-order valence-electron chi connectivity index (χ3n) is 3.99.